The number of ether oxygens (including phenoxy) is 2. The Morgan fingerprint density at radius 1 is 1.07 bits per heavy atom. The van der Waals surface area contributed by atoms with Gasteiger partial charge >= 0.3 is 0 Å². The summed E-state index contributed by atoms with van der Waals surface area (Å²) < 4.78 is 11.0. The number of aromatic nitrogens is 1. The molecule has 0 fully saturated rings. The second-order valence-corrected chi connectivity index (χ2v) is 7.81. The summed E-state index contributed by atoms with van der Waals surface area (Å²) in [5, 5.41) is 8.22. The van der Waals surface area contributed by atoms with Crippen LogP contribution in [0.25, 0.3) is 10.9 Å². The molecule has 4 aromatic rings. The van der Waals surface area contributed by atoms with Crippen molar-refractivity contribution in [2.24, 2.45) is 0 Å². The van der Waals surface area contributed by atoms with Gasteiger partial charge in [-0.3, -0.25) is 4.79 Å². The monoisotopic (exact) mass is 420 g/mol. The van der Waals surface area contributed by atoms with Crippen molar-refractivity contribution in [3.05, 3.63) is 82.2 Å². The van der Waals surface area contributed by atoms with Crippen molar-refractivity contribution < 1.29 is 14.3 Å². The van der Waals surface area contributed by atoms with Gasteiger partial charge in [0.1, 0.15) is 11.5 Å². The molecule has 154 valence electrons. The summed E-state index contributed by atoms with van der Waals surface area (Å²) in [5.74, 6) is 1.49. The number of carbonyl (C=O) groups is 1. The minimum Gasteiger partial charge on any atom is -0.496 e. The van der Waals surface area contributed by atoms with Crippen LogP contribution in [0.15, 0.2) is 65.5 Å². The molecule has 2 heterocycles. The first-order valence-corrected chi connectivity index (χ1v) is 10.7. The molecule has 1 atom stereocenters. The van der Waals surface area contributed by atoms with Gasteiger partial charge in [0, 0.05) is 41.5 Å². The largest absolute Gasteiger partial charge is 0.496 e. The highest BCUT2D eigenvalue weighted by Crippen LogP contribution is 2.38. The quantitative estimate of drug-likeness (QED) is 0.418. The van der Waals surface area contributed by atoms with Crippen LogP contribution in [0.1, 0.15) is 29.0 Å². The lowest BCUT2D eigenvalue weighted by Gasteiger charge is -2.17. The topological polar surface area (TPSA) is 63.3 Å². The summed E-state index contributed by atoms with van der Waals surface area (Å²) in [6.07, 6.45) is 2.33. The Morgan fingerprint density at radius 2 is 1.87 bits per heavy atom. The van der Waals surface area contributed by atoms with Gasteiger partial charge in [0.15, 0.2) is 0 Å². The minimum absolute atomic E-state index is 0.0126. The number of nitrogens with one attached hydrogen (secondary N) is 2. The number of benzene rings is 2. The molecular weight excluding hydrogens is 396 g/mol. The van der Waals surface area contributed by atoms with E-state index in [9.17, 15) is 4.79 Å². The van der Waals surface area contributed by atoms with Crippen LogP contribution in [0.5, 0.6) is 11.5 Å². The molecule has 2 aromatic heterocycles. The fourth-order valence-electron chi connectivity index (χ4n) is 3.80. The van der Waals surface area contributed by atoms with Gasteiger partial charge in [-0.2, -0.15) is 11.3 Å². The smallest absolute Gasteiger partial charge is 0.221 e. The first-order chi connectivity index (χ1) is 14.7. The minimum atomic E-state index is -0.0704. The molecule has 2 N–H and O–H groups in total. The number of hydrogen-bond acceptors (Lipinski definition) is 4. The average Bonchev–Trinajstić information content (AvgIpc) is 3.46. The number of rotatable bonds is 8. The molecule has 0 spiro atoms. The second-order valence-electron chi connectivity index (χ2n) is 7.03. The molecule has 2 aromatic carbocycles. The van der Waals surface area contributed by atoms with Gasteiger partial charge in [0.25, 0.3) is 0 Å². The van der Waals surface area contributed by atoms with E-state index in [-0.39, 0.29) is 11.8 Å². The summed E-state index contributed by atoms with van der Waals surface area (Å²) in [6.45, 7) is 0.427. The molecule has 0 aliphatic carbocycles. The highest BCUT2D eigenvalue weighted by atomic mass is 32.1. The van der Waals surface area contributed by atoms with E-state index in [0.29, 0.717) is 13.0 Å². The van der Waals surface area contributed by atoms with E-state index in [1.54, 1.807) is 25.6 Å². The molecule has 6 heteroatoms. The van der Waals surface area contributed by atoms with Crippen LogP contribution in [0.2, 0.25) is 0 Å². The molecular formula is C24H24N2O3S. The summed E-state index contributed by atoms with van der Waals surface area (Å²) in [7, 11) is 3.31. The Hall–Kier alpha value is -3.25. The highest BCUT2D eigenvalue weighted by Gasteiger charge is 2.23. The number of methoxy groups -OCH3 is 2. The molecule has 4 rings (SSSR count). The third-order valence-corrected chi connectivity index (χ3v) is 6.00. The number of carbonyl (C=O) groups excluding carboxylic acids is 1. The average molecular weight is 421 g/mol. The van der Waals surface area contributed by atoms with Gasteiger partial charge in [-0.1, -0.05) is 24.3 Å². The fraction of sp³-hybridized carbons (Fsp3) is 0.208. The first-order valence-electron chi connectivity index (χ1n) is 9.76. The fourth-order valence-corrected chi connectivity index (χ4v) is 4.52. The van der Waals surface area contributed by atoms with Gasteiger partial charge in [-0.05, 0) is 46.2 Å². The van der Waals surface area contributed by atoms with E-state index < -0.39 is 0 Å². The SMILES string of the molecule is COc1ccccc1CNC(=O)C[C@@H](c1ccsc1)c1c[nH]c2cccc(OC)c12. The third kappa shape index (κ3) is 4.04. The van der Waals surface area contributed by atoms with Crippen molar-refractivity contribution in [2.45, 2.75) is 18.9 Å². The Kier molecular flexibility index (Phi) is 6.05. The van der Waals surface area contributed by atoms with Crippen molar-refractivity contribution in [3.63, 3.8) is 0 Å². The van der Waals surface area contributed by atoms with Crippen LogP contribution in [0.4, 0.5) is 0 Å². The van der Waals surface area contributed by atoms with Crippen LogP contribution in [-0.4, -0.2) is 25.1 Å². The normalized spacial score (nSPS) is 11.9. The number of hydrogen-bond donors (Lipinski definition) is 2. The molecule has 0 aliphatic heterocycles. The molecule has 0 radical (unpaired) electrons. The molecule has 0 aliphatic rings. The van der Waals surface area contributed by atoms with Crippen molar-refractivity contribution in [3.8, 4) is 11.5 Å². The number of H-pyrrole nitrogens is 1. The zero-order valence-corrected chi connectivity index (χ0v) is 17.8. The Labute approximate surface area is 179 Å². The second kappa shape index (κ2) is 9.05. The van der Waals surface area contributed by atoms with Crippen molar-refractivity contribution >= 4 is 28.1 Å². The zero-order valence-electron chi connectivity index (χ0n) is 17.0. The molecule has 1 amide bonds. The predicted molar refractivity (Wildman–Crippen MR) is 120 cm³/mol. The lowest BCUT2D eigenvalue weighted by molar-refractivity contribution is -0.121. The maximum atomic E-state index is 12.9. The summed E-state index contributed by atoms with van der Waals surface area (Å²) >= 11 is 1.63. The number of thiophene rings is 1. The maximum Gasteiger partial charge on any atom is 0.221 e. The molecule has 0 saturated carbocycles. The van der Waals surface area contributed by atoms with E-state index in [0.717, 1.165) is 39.1 Å². The van der Waals surface area contributed by atoms with Crippen LogP contribution < -0.4 is 14.8 Å². The van der Waals surface area contributed by atoms with Crippen LogP contribution in [-0.2, 0) is 11.3 Å². The van der Waals surface area contributed by atoms with E-state index in [1.807, 2.05) is 54.0 Å². The van der Waals surface area contributed by atoms with Crippen LogP contribution in [0, 0.1) is 0 Å². The standard InChI is InChI=1S/C24H24N2O3S/c1-28-21-8-4-3-6-16(21)13-26-23(27)12-18(17-10-11-30-15-17)19-14-25-20-7-5-9-22(29-2)24(19)20/h3-11,14-15,18,25H,12-13H2,1-2H3,(H,26,27)/t18-/m0/s1. The highest BCUT2D eigenvalue weighted by molar-refractivity contribution is 7.08. The third-order valence-electron chi connectivity index (χ3n) is 5.30. The van der Waals surface area contributed by atoms with Crippen LogP contribution in [0.3, 0.4) is 0 Å². The van der Waals surface area contributed by atoms with Gasteiger partial charge in [-0.15, -0.1) is 0 Å². The molecule has 0 bridgehead atoms. The summed E-state index contributed by atoms with van der Waals surface area (Å²) in [4.78, 5) is 16.2. The number of para-hydroxylation sites is 1. The van der Waals surface area contributed by atoms with Gasteiger partial charge in [0.05, 0.1) is 14.2 Å². The first kappa shape index (κ1) is 20.0. The Bertz CT molecular complexity index is 1130. The number of aromatic amines is 1. The molecule has 30 heavy (non-hydrogen) atoms. The van der Waals surface area contributed by atoms with Gasteiger partial charge in [-0.25, -0.2) is 0 Å². The maximum absolute atomic E-state index is 12.9. The van der Waals surface area contributed by atoms with E-state index in [4.69, 9.17) is 9.47 Å². The van der Waals surface area contributed by atoms with Gasteiger partial charge in [0.2, 0.25) is 5.91 Å². The number of fused-ring (bicyclic) bond motifs is 1. The van der Waals surface area contributed by atoms with E-state index in [2.05, 4.69) is 21.7 Å². The number of amides is 1. The Balaban J connectivity index is 1.59. The van der Waals surface area contributed by atoms with Crippen LogP contribution >= 0.6 is 11.3 Å². The molecule has 5 nitrogen and oxygen atoms in total. The van der Waals surface area contributed by atoms with Gasteiger partial charge < -0.3 is 19.8 Å². The predicted octanol–water partition coefficient (Wildman–Crippen LogP) is 5.09. The lowest BCUT2D eigenvalue weighted by Crippen LogP contribution is -2.25. The molecule has 0 saturated heterocycles. The Morgan fingerprint density at radius 3 is 2.63 bits per heavy atom. The lowest BCUT2D eigenvalue weighted by atomic mass is 9.89. The van der Waals surface area contributed by atoms with Crippen molar-refractivity contribution in [2.75, 3.05) is 14.2 Å². The van der Waals surface area contributed by atoms with E-state index in [1.165, 1.54) is 0 Å². The molecule has 0 unspecified atom stereocenters. The van der Waals surface area contributed by atoms with Crippen molar-refractivity contribution in [1.82, 2.24) is 10.3 Å². The van der Waals surface area contributed by atoms with E-state index >= 15 is 0 Å². The summed E-state index contributed by atoms with van der Waals surface area (Å²) in [5.41, 5.74) is 4.14. The zero-order chi connectivity index (χ0) is 20.9. The summed E-state index contributed by atoms with van der Waals surface area (Å²) in [6, 6.07) is 15.7. The van der Waals surface area contributed by atoms with Crippen molar-refractivity contribution in [1.29, 1.82) is 0 Å².